The lowest BCUT2D eigenvalue weighted by Gasteiger charge is -2.12. The van der Waals surface area contributed by atoms with Crippen molar-refractivity contribution in [3.63, 3.8) is 0 Å². The highest BCUT2D eigenvalue weighted by atomic mass is 16.3. The molecule has 0 aliphatic rings. The minimum atomic E-state index is 0.175. The van der Waals surface area contributed by atoms with E-state index in [2.05, 4.69) is 25.3 Å². The van der Waals surface area contributed by atoms with Crippen LogP contribution in [0.1, 0.15) is 0 Å². The SMILES string of the molecule is Oc1c(Nc2cc(-c3cccnc3)nc(-c3ccccn3)n2)ccc2ccccc12. The van der Waals surface area contributed by atoms with Crippen molar-refractivity contribution in [2.45, 2.75) is 0 Å². The molecule has 6 heteroatoms. The van der Waals surface area contributed by atoms with Crippen LogP contribution in [0.3, 0.4) is 0 Å². The van der Waals surface area contributed by atoms with E-state index in [1.54, 1.807) is 18.6 Å². The number of pyridine rings is 2. The van der Waals surface area contributed by atoms with Gasteiger partial charge in [0.15, 0.2) is 5.82 Å². The van der Waals surface area contributed by atoms with E-state index in [-0.39, 0.29) is 5.75 Å². The number of aromatic hydroxyl groups is 1. The first-order chi connectivity index (χ1) is 14.8. The number of hydrogen-bond donors (Lipinski definition) is 2. The molecule has 6 nitrogen and oxygen atoms in total. The van der Waals surface area contributed by atoms with Gasteiger partial charge in [0.05, 0.1) is 11.4 Å². The molecule has 30 heavy (non-hydrogen) atoms. The molecule has 0 aliphatic heterocycles. The Balaban J connectivity index is 1.62. The van der Waals surface area contributed by atoms with Crippen molar-refractivity contribution < 1.29 is 5.11 Å². The van der Waals surface area contributed by atoms with E-state index in [4.69, 9.17) is 0 Å². The molecule has 0 saturated heterocycles. The summed E-state index contributed by atoms with van der Waals surface area (Å²) < 4.78 is 0. The maximum absolute atomic E-state index is 10.8. The number of phenols is 1. The molecule has 3 aromatic heterocycles. The van der Waals surface area contributed by atoms with Crippen molar-refractivity contribution in [2.24, 2.45) is 0 Å². The van der Waals surface area contributed by atoms with Crippen LogP contribution in [0.4, 0.5) is 11.5 Å². The van der Waals surface area contributed by atoms with Gasteiger partial charge in [-0.25, -0.2) is 9.97 Å². The fraction of sp³-hybridized carbons (Fsp3) is 0. The van der Waals surface area contributed by atoms with Crippen LogP contribution in [-0.4, -0.2) is 25.0 Å². The van der Waals surface area contributed by atoms with E-state index in [1.807, 2.05) is 72.8 Å². The monoisotopic (exact) mass is 391 g/mol. The third kappa shape index (κ3) is 3.42. The molecule has 0 unspecified atom stereocenters. The van der Waals surface area contributed by atoms with Gasteiger partial charge in [-0.05, 0) is 35.7 Å². The van der Waals surface area contributed by atoms with Gasteiger partial charge in [0.1, 0.15) is 17.3 Å². The quantitative estimate of drug-likeness (QED) is 0.410. The zero-order valence-electron chi connectivity index (χ0n) is 15.9. The van der Waals surface area contributed by atoms with Crippen molar-refractivity contribution in [3.8, 4) is 28.5 Å². The van der Waals surface area contributed by atoms with Crippen LogP contribution in [0.5, 0.6) is 5.75 Å². The van der Waals surface area contributed by atoms with Gasteiger partial charge in [0.2, 0.25) is 0 Å². The third-order valence-corrected chi connectivity index (χ3v) is 4.74. The van der Waals surface area contributed by atoms with E-state index >= 15 is 0 Å². The largest absolute Gasteiger partial charge is 0.505 e. The van der Waals surface area contributed by atoms with Gasteiger partial charge in [0, 0.05) is 35.6 Å². The summed E-state index contributed by atoms with van der Waals surface area (Å²) in [5.74, 6) is 1.21. The Morgan fingerprint density at radius 1 is 0.767 bits per heavy atom. The lowest BCUT2D eigenvalue weighted by atomic mass is 10.1. The Bertz CT molecular complexity index is 1270. The average Bonchev–Trinajstić information content (AvgIpc) is 2.82. The van der Waals surface area contributed by atoms with E-state index < -0.39 is 0 Å². The first kappa shape index (κ1) is 17.8. The molecule has 0 radical (unpaired) electrons. The summed E-state index contributed by atoms with van der Waals surface area (Å²) in [5, 5.41) is 15.7. The normalized spacial score (nSPS) is 10.8. The van der Waals surface area contributed by atoms with Gasteiger partial charge in [-0.2, -0.15) is 0 Å². The second kappa shape index (κ2) is 7.60. The summed E-state index contributed by atoms with van der Waals surface area (Å²) in [6.07, 6.45) is 5.18. The summed E-state index contributed by atoms with van der Waals surface area (Å²) in [6, 6.07) is 22.7. The average molecular weight is 391 g/mol. The number of hydrogen-bond acceptors (Lipinski definition) is 6. The lowest BCUT2D eigenvalue weighted by molar-refractivity contribution is 0.484. The van der Waals surface area contributed by atoms with E-state index in [0.717, 1.165) is 16.3 Å². The maximum Gasteiger partial charge on any atom is 0.180 e. The van der Waals surface area contributed by atoms with Gasteiger partial charge < -0.3 is 10.4 Å². The van der Waals surface area contributed by atoms with Gasteiger partial charge >= 0.3 is 0 Å². The molecular weight excluding hydrogens is 374 g/mol. The molecule has 0 fully saturated rings. The fourth-order valence-corrected chi connectivity index (χ4v) is 3.28. The van der Waals surface area contributed by atoms with Gasteiger partial charge in [-0.3, -0.25) is 9.97 Å². The number of benzene rings is 2. The summed E-state index contributed by atoms with van der Waals surface area (Å²) in [6.45, 7) is 0. The summed E-state index contributed by atoms with van der Waals surface area (Å²) in [7, 11) is 0. The lowest BCUT2D eigenvalue weighted by Crippen LogP contribution is -2.00. The van der Waals surface area contributed by atoms with Crippen LogP contribution >= 0.6 is 0 Å². The van der Waals surface area contributed by atoms with Crippen LogP contribution in [0.25, 0.3) is 33.5 Å². The highest BCUT2D eigenvalue weighted by Crippen LogP contribution is 2.34. The van der Waals surface area contributed by atoms with Crippen molar-refractivity contribution in [3.05, 3.63) is 91.4 Å². The van der Waals surface area contributed by atoms with Gasteiger partial charge in [-0.1, -0.05) is 36.4 Å². The molecular formula is C24H17N5O. The van der Waals surface area contributed by atoms with Gasteiger partial charge in [0.25, 0.3) is 0 Å². The van der Waals surface area contributed by atoms with Crippen LogP contribution in [0.15, 0.2) is 91.4 Å². The van der Waals surface area contributed by atoms with Crippen molar-refractivity contribution in [1.82, 2.24) is 19.9 Å². The first-order valence-electron chi connectivity index (χ1n) is 9.46. The molecule has 5 aromatic rings. The Morgan fingerprint density at radius 2 is 1.67 bits per heavy atom. The Kier molecular flexibility index (Phi) is 4.50. The fourth-order valence-electron chi connectivity index (χ4n) is 3.28. The zero-order valence-corrected chi connectivity index (χ0v) is 15.9. The number of phenolic OH excluding ortho intramolecular Hbond substituents is 1. The molecule has 0 amide bonds. The number of anilines is 2. The van der Waals surface area contributed by atoms with Crippen molar-refractivity contribution in [2.75, 3.05) is 5.32 Å². The Hall–Kier alpha value is -4.32. The summed E-state index contributed by atoms with van der Waals surface area (Å²) in [5.41, 5.74) is 2.80. The molecule has 144 valence electrons. The van der Waals surface area contributed by atoms with E-state index in [0.29, 0.717) is 28.7 Å². The number of rotatable bonds is 4. The Labute approximate surface area is 173 Å². The molecule has 3 heterocycles. The Morgan fingerprint density at radius 3 is 2.50 bits per heavy atom. The van der Waals surface area contributed by atoms with Crippen LogP contribution in [0, 0.1) is 0 Å². The molecule has 2 aromatic carbocycles. The zero-order chi connectivity index (χ0) is 20.3. The summed E-state index contributed by atoms with van der Waals surface area (Å²) >= 11 is 0. The van der Waals surface area contributed by atoms with Crippen molar-refractivity contribution >= 4 is 22.3 Å². The molecule has 2 N–H and O–H groups in total. The van der Waals surface area contributed by atoms with E-state index in [9.17, 15) is 5.11 Å². The number of aromatic nitrogens is 4. The molecule has 0 saturated carbocycles. The first-order valence-corrected chi connectivity index (χ1v) is 9.46. The van der Waals surface area contributed by atoms with E-state index in [1.165, 1.54) is 0 Å². The maximum atomic E-state index is 10.8. The molecule has 0 spiro atoms. The van der Waals surface area contributed by atoms with Crippen LogP contribution in [-0.2, 0) is 0 Å². The highest BCUT2D eigenvalue weighted by molar-refractivity contribution is 5.93. The van der Waals surface area contributed by atoms with Crippen LogP contribution in [0.2, 0.25) is 0 Å². The number of nitrogens with one attached hydrogen (secondary N) is 1. The molecule has 5 rings (SSSR count). The smallest absolute Gasteiger partial charge is 0.180 e. The minimum Gasteiger partial charge on any atom is -0.505 e. The predicted molar refractivity (Wildman–Crippen MR) is 117 cm³/mol. The van der Waals surface area contributed by atoms with Crippen molar-refractivity contribution in [1.29, 1.82) is 0 Å². The summed E-state index contributed by atoms with van der Waals surface area (Å²) in [4.78, 5) is 17.9. The topological polar surface area (TPSA) is 83.8 Å². The molecule has 0 bridgehead atoms. The highest BCUT2D eigenvalue weighted by Gasteiger charge is 2.12. The third-order valence-electron chi connectivity index (χ3n) is 4.74. The standard InChI is InChI=1S/C24H17N5O/c30-23-18-8-2-1-6-16(18)10-11-19(23)27-22-14-21(17-7-5-12-25-15-17)28-24(29-22)20-9-3-4-13-26-20/h1-15,30H,(H,27,28,29). The number of nitrogens with zero attached hydrogens (tertiary/aromatic N) is 4. The van der Waals surface area contributed by atoms with Gasteiger partial charge in [-0.15, -0.1) is 0 Å². The predicted octanol–water partition coefficient (Wildman–Crippen LogP) is 5.20. The van der Waals surface area contributed by atoms with Crippen LogP contribution < -0.4 is 5.32 Å². The minimum absolute atomic E-state index is 0.175. The number of fused-ring (bicyclic) bond motifs is 1. The molecule has 0 aliphatic carbocycles. The second-order valence-electron chi connectivity index (χ2n) is 6.73. The second-order valence-corrected chi connectivity index (χ2v) is 6.73. The molecule has 0 atom stereocenters.